The van der Waals surface area contributed by atoms with Crippen molar-refractivity contribution < 1.29 is 9.53 Å². The Morgan fingerprint density at radius 3 is 2.95 bits per heavy atom. The van der Waals surface area contributed by atoms with Gasteiger partial charge in [-0.05, 0) is 12.8 Å². The molecular formula is C12H22N4O2S. The van der Waals surface area contributed by atoms with Crippen LogP contribution in [-0.4, -0.2) is 67.8 Å². The predicted octanol–water partition coefficient (Wildman–Crippen LogP) is 0.499. The molecule has 0 bridgehead atoms. The minimum Gasteiger partial charge on any atom is -0.381 e. The maximum atomic E-state index is 11.3. The lowest BCUT2D eigenvalue weighted by Crippen LogP contribution is -2.48. The summed E-state index contributed by atoms with van der Waals surface area (Å²) in [5, 5.41) is 7.33. The number of ether oxygens (including phenoxy) is 1. The summed E-state index contributed by atoms with van der Waals surface area (Å²) in [5.41, 5.74) is 0.189. The van der Waals surface area contributed by atoms with Crippen molar-refractivity contribution >= 4 is 23.0 Å². The van der Waals surface area contributed by atoms with Gasteiger partial charge in [-0.25, -0.2) is 4.79 Å². The van der Waals surface area contributed by atoms with Crippen LogP contribution in [0.5, 0.6) is 0 Å². The third-order valence-corrected chi connectivity index (χ3v) is 4.56. The molecule has 0 aromatic heterocycles. The van der Waals surface area contributed by atoms with E-state index in [-0.39, 0.29) is 11.6 Å². The van der Waals surface area contributed by atoms with Gasteiger partial charge in [-0.3, -0.25) is 4.99 Å². The molecule has 0 aliphatic carbocycles. The summed E-state index contributed by atoms with van der Waals surface area (Å²) in [7, 11) is 3.45. The standard InChI is InChI=1S/C12H22N4O2S/c1-16(2)11(17)14-6-5-13-10-15-12(9-19-10)3-7-18-8-4-12/h3-9H2,1-2H3,(H,13,15)(H,14,17). The molecule has 7 heteroatoms. The first-order valence-corrected chi connectivity index (χ1v) is 7.58. The van der Waals surface area contributed by atoms with Crippen molar-refractivity contribution in [1.82, 2.24) is 15.5 Å². The van der Waals surface area contributed by atoms with Gasteiger partial charge in [0.1, 0.15) is 0 Å². The van der Waals surface area contributed by atoms with E-state index >= 15 is 0 Å². The van der Waals surface area contributed by atoms with Gasteiger partial charge in [-0.1, -0.05) is 11.8 Å². The molecule has 2 aliphatic heterocycles. The maximum absolute atomic E-state index is 11.3. The van der Waals surface area contributed by atoms with Crippen LogP contribution in [0.4, 0.5) is 4.79 Å². The zero-order valence-corrected chi connectivity index (χ0v) is 12.4. The number of carbonyl (C=O) groups excluding carboxylic acids is 1. The third kappa shape index (κ3) is 4.01. The van der Waals surface area contributed by atoms with Crippen LogP contribution in [-0.2, 0) is 4.74 Å². The van der Waals surface area contributed by atoms with Crippen LogP contribution >= 0.6 is 11.8 Å². The minimum atomic E-state index is -0.0758. The molecule has 0 saturated carbocycles. The lowest BCUT2D eigenvalue weighted by atomic mass is 9.93. The number of thioether (sulfide) groups is 1. The Kier molecular flexibility index (Phi) is 4.93. The molecule has 2 rings (SSSR count). The van der Waals surface area contributed by atoms with Crippen LogP contribution in [0.2, 0.25) is 0 Å². The van der Waals surface area contributed by atoms with E-state index in [2.05, 4.69) is 15.6 Å². The Hall–Kier alpha value is -0.950. The van der Waals surface area contributed by atoms with E-state index in [9.17, 15) is 4.79 Å². The first-order valence-electron chi connectivity index (χ1n) is 6.60. The average Bonchev–Trinajstić information content (AvgIpc) is 2.78. The van der Waals surface area contributed by atoms with Gasteiger partial charge in [0.25, 0.3) is 0 Å². The first kappa shape index (κ1) is 14.5. The molecule has 0 atom stereocenters. The van der Waals surface area contributed by atoms with E-state index in [0.717, 1.165) is 37.0 Å². The molecule has 0 radical (unpaired) electrons. The van der Waals surface area contributed by atoms with Crippen LogP contribution < -0.4 is 10.6 Å². The van der Waals surface area contributed by atoms with Crippen LogP contribution in [0.15, 0.2) is 4.99 Å². The fourth-order valence-electron chi connectivity index (χ4n) is 2.10. The molecule has 19 heavy (non-hydrogen) atoms. The summed E-state index contributed by atoms with van der Waals surface area (Å²) >= 11 is 1.77. The number of aliphatic imine (C=N–C) groups is 1. The van der Waals surface area contributed by atoms with Crippen molar-refractivity contribution in [3.05, 3.63) is 0 Å². The predicted molar refractivity (Wildman–Crippen MR) is 77.8 cm³/mol. The Labute approximate surface area is 118 Å². The fraction of sp³-hybridized carbons (Fsp3) is 0.833. The molecule has 2 heterocycles. The number of urea groups is 1. The van der Waals surface area contributed by atoms with Gasteiger partial charge in [0.15, 0.2) is 5.17 Å². The summed E-state index contributed by atoms with van der Waals surface area (Å²) < 4.78 is 5.40. The summed E-state index contributed by atoms with van der Waals surface area (Å²) in [6.45, 7) is 2.85. The number of carbonyl (C=O) groups is 1. The molecule has 2 N–H and O–H groups in total. The second-order valence-corrected chi connectivity index (χ2v) is 6.08. The number of nitrogens with zero attached hydrogens (tertiary/aromatic N) is 2. The number of hydrogen-bond donors (Lipinski definition) is 2. The molecule has 2 aliphatic rings. The summed E-state index contributed by atoms with van der Waals surface area (Å²) in [6.07, 6.45) is 2.10. The monoisotopic (exact) mass is 286 g/mol. The summed E-state index contributed by atoms with van der Waals surface area (Å²) in [5.74, 6) is 1.07. The van der Waals surface area contributed by atoms with Crippen LogP contribution in [0, 0.1) is 0 Å². The van der Waals surface area contributed by atoms with Crippen LogP contribution in [0.25, 0.3) is 0 Å². The molecule has 0 aromatic rings. The highest BCUT2D eigenvalue weighted by molar-refractivity contribution is 8.14. The van der Waals surface area contributed by atoms with Crippen molar-refractivity contribution in [2.75, 3.05) is 46.2 Å². The van der Waals surface area contributed by atoms with Crippen LogP contribution in [0.1, 0.15) is 12.8 Å². The molecule has 1 spiro atoms. The van der Waals surface area contributed by atoms with Gasteiger partial charge in [-0.15, -0.1) is 0 Å². The Morgan fingerprint density at radius 2 is 2.26 bits per heavy atom. The molecule has 2 saturated heterocycles. The van der Waals surface area contributed by atoms with Crippen LogP contribution in [0.3, 0.4) is 0 Å². The van der Waals surface area contributed by atoms with Gasteiger partial charge in [-0.2, -0.15) is 0 Å². The van der Waals surface area contributed by atoms with E-state index in [4.69, 9.17) is 4.74 Å². The zero-order valence-electron chi connectivity index (χ0n) is 11.6. The number of nitrogens with one attached hydrogen (secondary N) is 2. The molecular weight excluding hydrogens is 264 g/mol. The second kappa shape index (κ2) is 6.47. The lowest BCUT2D eigenvalue weighted by molar-refractivity contribution is 0.0555. The van der Waals surface area contributed by atoms with Gasteiger partial charge in [0, 0.05) is 39.6 Å². The normalized spacial score (nSPS) is 23.4. The van der Waals surface area contributed by atoms with Crippen molar-refractivity contribution in [2.24, 2.45) is 4.99 Å². The second-order valence-electron chi connectivity index (χ2n) is 5.12. The van der Waals surface area contributed by atoms with Crippen molar-refractivity contribution in [2.45, 2.75) is 18.4 Å². The Morgan fingerprint density at radius 1 is 1.53 bits per heavy atom. The molecule has 6 nitrogen and oxygen atoms in total. The van der Waals surface area contributed by atoms with Crippen molar-refractivity contribution in [3.63, 3.8) is 0 Å². The van der Waals surface area contributed by atoms with Crippen molar-refractivity contribution in [1.29, 1.82) is 0 Å². The van der Waals surface area contributed by atoms with E-state index in [1.807, 2.05) is 0 Å². The lowest BCUT2D eigenvalue weighted by Gasteiger charge is -2.32. The largest absolute Gasteiger partial charge is 0.381 e. The number of amides is 2. The summed E-state index contributed by atoms with van der Waals surface area (Å²) in [4.78, 5) is 17.3. The zero-order chi connectivity index (χ0) is 13.7. The molecule has 0 aromatic carbocycles. The van der Waals surface area contributed by atoms with E-state index in [1.165, 1.54) is 4.90 Å². The SMILES string of the molecule is CN(C)C(=O)NCCN=C1NC2(CCOCC2)CS1. The maximum Gasteiger partial charge on any atom is 0.316 e. The van der Waals surface area contributed by atoms with E-state index in [0.29, 0.717) is 13.1 Å². The Balaban J connectivity index is 1.71. The topological polar surface area (TPSA) is 66.0 Å². The highest BCUT2D eigenvalue weighted by Gasteiger charge is 2.38. The minimum absolute atomic E-state index is 0.0758. The molecule has 108 valence electrons. The Bertz CT molecular complexity index is 354. The van der Waals surface area contributed by atoms with Gasteiger partial charge in [0.2, 0.25) is 0 Å². The van der Waals surface area contributed by atoms with Gasteiger partial charge >= 0.3 is 6.03 Å². The first-order chi connectivity index (χ1) is 9.11. The highest BCUT2D eigenvalue weighted by atomic mass is 32.2. The van der Waals surface area contributed by atoms with Gasteiger partial charge < -0.3 is 20.3 Å². The molecule has 2 fully saturated rings. The van der Waals surface area contributed by atoms with E-state index < -0.39 is 0 Å². The third-order valence-electron chi connectivity index (χ3n) is 3.36. The fourth-order valence-corrected chi connectivity index (χ4v) is 3.35. The number of amidine groups is 1. The molecule has 2 amide bonds. The number of rotatable bonds is 3. The number of hydrogen-bond acceptors (Lipinski definition) is 4. The molecule has 0 unspecified atom stereocenters. The highest BCUT2D eigenvalue weighted by Crippen LogP contribution is 2.31. The quantitative estimate of drug-likeness (QED) is 0.742. The smallest absolute Gasteiger partial charge is 0.316 e. The van der Waals surface area contributed by atoms with E-state index in [1.54, 1.807) is 25.9 Å². The average molecular weight is 286 g/mol. The van der Waals surface area contributed by atoms with Crippen molar-refractivity contribution in [3.8, 4) is 0 Å². The van der Waals surface area contributed by atoms with Gasteiger partial charge in [0.05, 0.1) is 12.1 Å². The summed E-state index contributed by atoms with van der Waals surface area (Å²) in [6, 6.07) is -0.0758.